The molecule has 1 unspecified atom stereocenters. The van der Waals surface area contributed by atoms with Crippen molar-refractivity contribution in [3.63, 3.8) is 0 Å². The topological polar surface area (TPSA) is 72.9 Å². The Morgan fingerprint density at radius 3 is 2.92 bits per heavy atom. The number of hydrogen-bond donors (Lipinski definition) is 2. The number of nitrogens with two attached hydrogens (primary N) is 1. The van der Waals surface area contributed by atoms with Gasteiger partial charge in [-0.05, 0) is 43.0 Å². The zero-order valence-corrected chi connectivity index (χ0v) is 13.9. The van der Waals surface area contributed by atoms with Crippen LogP contribution in [0.3, 0.4) is 0 Å². The van der Waals surface area contributed by atoms with Crippen molar-refractivity contribution in [2.45, 2.75) is 18.7 Å². The number of carbonyl (C=O) groups excluding carboxylic acids is 1. The fourth-order valence-corrected chi connectivity index (χ4v) is 3.33. The second-order valence-corrected chi connectivity index (χ2v) is 6.35. The second kappa shape index (κ2) is 6.49. The highest BCUT2D eigenvalue weighted by Gasteiger charge is 2.22. The van der Waals surface area contributed by atoms with Crippen molar-refractivity contribution in [1.29, 1.82) is 0 Å². The standard InChI is InChI=1S/C19H18F2N4O/c20-15-8-17(16(21)7-14(15)11-4-2-6-23-9-11)25-10-12-3-1-5-13(19(22)26)18(12)24-25/h1,3,5,7-8,10-11,23H,2,4,6,9H2,(H2,22,26)/i11D. The molecule has 4 rings (SSSR count). The third-order valence-corrected chi connectivity index (χ3v) is 4.64. The predicted molar refractivity (Wildman–Crippen MR) is 94.3 cm³/mol. The van der Waals surface area contributed by atoms with Crippen LogP contribution in [0.15, 0.2) is 36.5 Å². The Morgan fingerprint density at radius 1 is 1.35 bits per heavy atom. The first-order chi connectivity index (χ1) is 12.9. The Labute approximate surface area is 150 Å². The molecule has 2 heterocycles. The summed E-state index contributed by atoms with van der Waals surface area (Å²) in [5.74, 6) is -3.18. The van der Waals surface area contributed by atoms with Crippen LogP contribution in [0.1, 0.15) is 36.0 Å². The molecule has 1 aromatic heterocycles. The average Bonchev–Trinajstić information content (AvgIpc) is 3.07. The molecule has 2 aromatic carbocycles. The van der Waals surface area contributed by atoms with E-state index in [4.69, 9.17) is 7.10 Å². The van der Waals surface area contributed by atoms with E-state index in [-0.39, 0.29) is 23.4 Å². The number of nitrogens with one attached hydrogen (secondary N) is 1. The van der Waals surface area contributed by atoms with Crippen molar-refractivity contribution < 1.29 is 14.9 Å². The van der Waals surface area contributed by atoms with Crippen LogP contribution in [0.2, 0.25) is 0 Å². The van der Waals surface area contributed by atoms with Gasteiger partial charge in [-0.1, -0.05) is 12.1 Å². The summed E-state index contributed by atoms with van der Waals surface area (Å²) >= 11 is 0. The first-order valence-corrected chi connectivity index (χ1v) is 8.38. The van der Waals surface area contributed by atoms with Crippen LogP contribution < -0.4 is 11.1 Å². The van der Waals surface area contributed by atoms with E-state index in [1.807, 2.05) is 0 Å². The molecule has 1 aliphatic heterocycles. The molecule has 1 saturated heterocycles. The summed E-state index contributed by atoms with van der Waals surface area (Å²) < 4.78 is 39.3. The van der Waals surface area contributed by atoms with Gasteiger partial charge in [0, 0.05) is 25.6 Å². The molecule has 1 amide bonds. The summed E-state index contributed by atoms with van der Waals surface area (Å²) in [7, 11) is 0. The van der Waals surface area contributed by atoms with E-state index in [1.165, 1.54) is 16.9 Å². The predicted octanol–water partition coefficient (Wildman–Crippen LogP) is 2.87. The van der Waals surface area contributed by atoms with E-state index < -0.39 is 23.4 Å². The van der Waals surface area contributed by atoms with Crippen molar-refractivity contribution >= 4 is 16.8 Å². The van der Waals surface area contributed by atoms with Crippen molar-refractivity contribution in [3.05, 3.63) is 59.3 Å². The van der Waals surface area contributed by atoms with Crippen LogP contribution in [0.4, 0.5) is 8.78 Å². The second-order valence-electron chi connectivity index (χ2n) is 6.35. The first-order valence-electron chi connectivity index (χ1n) is 8.88. The number of piperidine rings is 1. The average molecular weight is 357 g/mol. The zero-order chi connectivity index (χ0) is 19.2. The molecule has 0 saturated carbocycles. The number of halogens is 2. The molecule has 3 N–H and O–H groups in total. The normalized spacial score (nSPS) is 20.9. The fraction of sp³-hybridized carbons (Fsp3) is 0.263. The maximum Gasteiger partial charge on any atom is 0.250 e. The van der Waals surface area contributed by atoms with E-state index in [1.54, 1.807) is 12.1 Å². The summed E-state index contributed by atoms with van der Waals surface area (Å²) in [6.07, 6.45) is 2.70. The maximum absolute atomic E-state index is 14.8. The molecular weight excluding hydrogens is 338 g/mol. The summed E-state index contributed by atoms with van der Waals surface area (Å²) in [6, 6.07) is 7.01. The van der Waals surface area contributed by atoms with Gasteiger partial charge in [0.2, 0.25) is 0 Å². The quantitative estimate of drug-likeness (QED) is 0.757. The Balaban J connectivity index is 1.81. The highest BCUT2D eigenvalue weighted by atomic mass is 19.1. The van der Waals surface area contributed by atoms with Gasteiger partial charge in [-0.3, -0.25) is 4.79 Å². The lowest BCUT2D eigenvalue weighted by Gasteiger charge is -2.23. The van der Waals surface area contributed by atoms with Gasteiger partial charge in [0.25, 0.3) is 5.91 Å². The van der Waals surface area contributed by atoms with Crippen LogP contribution in [-0.2, 0) is 0 Å². The molecule has 7 heteroatoms. The Kier molecular flexibility index (Phi) is 3.86. The molecule has 26 heavy (non-hydrogen) atoms. The summed E-state index contributed by atoms with van der Waals surface area (Å²) in [5, 5.41) is 7.87. The molecule has 0 spiro atoms. The van der Waals surface area contributed by atoms with Crippen molar-refractivity contribution in [1.82, 2.24) is 15.1 Å². The van der Waals surface area contributed by atoms with Gasteiger partial charge in [-0.25, -0.2) is 13.5 Å². The summed E-state index contributed by atoms with van der Waals surface area (Å²) in [6.45, 7) is 1.04. The van der Waals surface area contributed by atoms with Gasteiger partial charge in [0.15, 0.2) is 0 Å². The van der Waals surface area contributed by atoms with Gasteiger partial charge in [-0.2, -0.15) is 5.10 Å². The van der Waals surface area contributed by atoms with E-state index in [0.717, 1.165) is 25.1 Å². The number of rotatable bonds is 3. The largest absolute Gasteiger partial charge is 0.366 e. The van der Waals surface area contributed by atoms with Crippen LogP contribution >= 0.6 is 0 Å². The molecule has 1 aliphatic rings. The monoisotopic (exact) mass is 357 g/mol. The van der Waals surface area contributed by atoms with Crippen LogP contribution in [-0.4, -0.2) is 28.8 Å². The Morgan fingerprint density at radius 2 is 2.19 bits per heavy atom. The minimum Gasteiger partial charge on any atom is -0.366 e. The third kappa shape index (κ3) is 2.84. The van der Waals surface area contributed by atoms with Crippen molar-refractivity contribution in [3.8, 4) is 5.69 Å². The Hall–Kier alpha value is -2.80. The number of aromatic nitrogens is 2. The van der Waals surface area contributed by atoms with Gasteiger partial charge >= 0.3 is 0 Å². The molecular formula is C19H18F2N4O. The molecule has 0 bridgehead atoms. The number of hydrogen-bond acceptors (Lipinski definition) is 3. The van der Waals surface area contributed by atoms with E-state index in [9.17, 15) is 13.6 Å². The number of amides is 1. The molecule has 0 radical (unpaired) electrons. The zero-order valence-electron chi connectivity index (χ0n) is 14.9. The lowest BCUT2D eigenvalue weighted by molar-refractivity contribution is 0.100. The minimum atomic E-state index is -1.20. The van der Waals surface area contributed by atoms with Crippen LogP contribution in [0.5, 0.6) is 0 Å². The SMILES string of the molecule is [2H]C1(c2cc(F)c(-n3cc4cccc(C(N)=O)c4n3)cc2F)CCCNC1. The molecule has 1 atom stereocenters. The van der Waals surface area contributed by atoms with Gasteiger partial charge < -0.3 is 11.1 Å². The van der Waals surface area contributed by atoms with E-state index in [2.05, 4.69) is 10.4 Å². The number of nitrogens with zero attached hydrogens (tertiary/aromatic N) is 2. The third-order valence-electron chi connectivity index (χ3n) is 4.64. The summed E-state index contributed by atoms with van der Waals surface area (Å²) in [5.41, 5.74) is 5.83. The number of carbonyl (C=O) groups is 1. The summed E-state index contributed by atoms with van der Waals surface area (Å²) in [4.78, 5) is 11.5. The van der Waals surface area contributed by atoms with Gasteiger partial charge in [-0.15, -0.1) is 0 Å². The highest BCUT2D eigenvalue weighted by molar-refractivity contribution is 6.04. The highest BCUT2D eigenvalue weighted by Crippen LogP contribution is 2.29. The van der Waals surface area contributed by atoms with Crippen molar-refractivity contribution in [2.75, 3.05) is 13.1 Å². The first kappa shape index (κ1) is 15.5. The van der Waals surface area contributed by atoms with Gasteiger partial charge in [0.1, 0.15) is 22.8 Å². The van der Waals surface area contributed by atoms with Crippen molar-refractivity contribution in [2.24, 2.45) is 5.73 Å². The minimum absolute atomic E-state index is 0.0329. The molecule has 134 valence electrons. The lowest BCUT2D eigenvalue weighted by atomic mass is 9.91. The van der Waals surface area contributed by atoms with Gasteiger partial charge in [0.05, 0.1) is 5.56 Å². The molecule has 0 aliphatic carbocycles. The number of benzene rings is 2. The lowest BCUT2D eigenvalue weighted by Crippen LogP contribution is -2.29. The van der Waals surface area contributed by atoms with Crippen LogP contribution in [0, 0.1) is 11.6 Å². The van der Waals surface area contributed by atoms with Crippen LogP contribution in [0.25, 0.3) is 16.6 Å². The molecule has 5 nitrogen and oxygen atoms in total. The smallest absolute Gasteiger partial charge is 0.250 e. The Bertz CT molecular complexity index is 1040. The van der Waals surface area contributed by atoms with E-state index in [0.29, 0.717) is 17.3 Å². The molecule has 1 fully saturated rings. The molecule has 3 aromatic rings. The van der Waals surface area contributed by atoms with E-state index >= 15 is 0 Å². The maximum atomic E-state index is 14.8. The fourth-order valence-electron chi connectivity index (χ4n) is 3.33. The number of primary amides is 1. The number of fused-ring (bicyclic) bond motifs is 1.